The van der Waals surface area contributed by atoms with Crippen molar-refractivity contribution in [3.8, 4) is 0 Å². The first-order valence-electron chi connectivity index (χ1n) is 4.20. The van der Waals surface area contributed by atoms with Gasteiger partial charge in [-0.2, -0.15) is 0 Å². The van der Waals surface area contributed by atoms with Gasteiger partial charge in [-0.05, 0) is 41.2 Å². The zero-order chi connectivity index (χ0) is 9.90. The van der Waals surface area contributed by atoms with Crippen molar-refractivity contribution in [1.29, 1.82) is 0 Å². The number of rotatable bonds is 4. The summed E-state index contributed by atoms with van der Waals surface area (Å²) in [5.41, 5.74) is 5.71. The minimum atomic E-state index is -0.135. The number of nitrogens with two attached hydrogens (primary N) is 1. The molecule has 0 atom stereocenters. The van der Waals surface area contributed by atoms with E-state index >= 15 is 0 Å². The molecule has 1 rings (SSSR count). The van der Waals surface area contributed by atoms with Gasteiger partial charge in [0.15, 0.2) is 0 Å². The summed E-state index contributed by atoms with van der Waals surface area (Å²) in [6.07, 6.45) is 0. The standard InChI is InChI=1S/C9H15BrN2S/c1-9(2,11)6-12-5-8-7(10)3-4-13-8/h3-4,12H,5-6,11H2,1-2H3. The van der Waals surface area contributed by atoms with E-state index in [2.05, 4.69) is 32.7 Å². The Bertz CT molecular complexity index is 265. The van der Waals surface area contributed by atoms with E-state index < -0.39 is 0 Å². The molecule has 1 aromatic heterocycles. The molecule has 0 aromatic carbocycles. The summed E-state index contributed by atoms with van der Waals surface area (Å²) in [6, 6.07) is 2.06. The van der Waals surface area contributed by atoms with Crippen LogP contribution in [0.3, 0.4) is 0 Å². The highest BCUT2D eigenvalue weighted by molar-refractivity contribution is 9.10. The maximum atomic E-state index is 5.84. The fraction of sp³-hybridized carbons (Fsp3) is 0.556. The first kappa shape index (κ1) is 11.2. The Kier molecular flexibility index (Phi) is 3.91. The molecule has 1 heterocycles. The fourth-order valence-corrected chi connectivity index (χ4v) is 2.41. The molecule has 13 heavy (non-hydrogen) atoms. The second kappa shape index (κ2) is 4.55. The molecule has 2 nitrogen and oxygen atoms in total. The Morgan fingerprint density at radius 1 is 1.62 bits per heavy atom. The van der Waals surface area contributed by atoms with Crippen molar-refractivity contribution in [2.45, 2.75) is 25.9 Å². The molecule has 0 saturated heterocycles. The van der Waals surface area contributed by atoms with Crippen molar-refractivity contribution in [1.82, 2.24) is 5.32 Å². The highest BCUT2D eigenvalue weighted by Crippen LogP contribution is 2.22. The third kappa shape index (κ3) is 4.22. The summed E-state index contributed by atoms with van der Waals surface area (Å²) in [7, 11) is 0. The van der Waals surface area contributed by atoms with E-state index in [1.165, 1.54) is 9.35 Å². The normalized spacial score (nSPS) is 12.0. The quantitative estimate of drug-likeness (QED) is 0.875. The average Bonchev–Trinajstić information content (AvgIpc) is 2.34. The van der Waals surface area contributed by atoms with Crippen LogP contribution >= 0.6 is 27.3 Å². The van der Waals surface area contributed by atoms with E-state index in [4.69, 9.17) is 5.73 Å². The minimum absolute atomic E-state index is 0.135. The van der Waals surface area contributed by atoms with Crippen molar-refractivity contribution >= 4 is 27.3 Å². The lowest BCUT2D eigenvalue weighted by Crippen LogP contribution is -2.42. The van der Waals surface area contributed by atoms with Crippen LogP contribution in [0.1, 0.15) is 18.7 Å². The zero-order valence-electron chi connectivity index (χ0n) is 7.93. The fourth-order valence-electron chi connectivity index (χ4n) is 0.949. The monoisotopic (exact) mass is 262 g/mol. The van der Waals surface area contributed by atoms with Crippen molar-refractivity contribution in [3.05, 3.63) is 20.8 Å². The molecule has 0 spiro atoms. The highest BCUT2D eigenvalue weighted by Gasteiger charge is 2.09. The second-order valence-corrected chi connectivity index (χ2v) is 5.64. The van der Waals surface area contributed by atoms with Gasteiger partial charge in [0.25, 0.3) is 0 Å². The van der Waals surface area contributed by atoms with E-state index in [0.717, 1.165) is 13.1 Å². The second-order valence-electron chi connectivity index (χ2n) is 3.78. The molecule has 0 bridgehead atoms. The van der Waals surface area contributed by atoms with Crippen LogP contribution in [0.25, 0.3) is 0 Å². The van der Waals surface area contributed by atoms with Gasteiger partial charge in [0.2, 0.25) is 0 Å². The number of hydrogen-bond acceptors (Lipinski definition) is 3. The predicted octanol–water partition coefficient (Wildman–Crippen LogP) is 2.34. The summed E-state index contributed by atoms with van der Waals surface area (Å²) >= 11 is 5.24. The summed E-state index contributed by atoms with van der Waals surface area (Å²) < 4.78 is 1.18. The first-order valence-corrected chi connectivity index (χ1v) is 5.88. The van der Waals surface area contributed by atoms with Crippen LogP contribution in [-0.4, -0.2) is 12.1 Å². The molecule has 0 saturated carbocycles. The molecule has 0 amide bonds. The van der Waals surface area contributed by atoms with Crippen LogP contribution < -0.4 is 11.1 Å². The Labute approximate surface area is 91.7 Å². The van der Waals surface area contributed by atoms with Gasteiger partial charge in [-0.15, -0.1) is 11.3 Å². The molecule has 4 heteroatoms. The third-order valence-electron chi connectivity index (χ3n) is 1.56. The zero-order valence-corrected chi connectivity index (χ0v) is 10.3. The highest BCUT2D eigenvalue weighted by atomic mass is 79.9. The maximum Gasteiger partial charge on any atom is 0.0327 e. The molecule has 0 aliphatic heterocycles. The van der Waals surface area contributed by atoms with Crippen LogP contribution in [-0.2, 0) is 6.54 Å². The molecule has 3 N–H and O–H groups in total. The molecule has 0 aliphatic carbocycles. The number of thiophene rings is 1. The molecule has 0 fully saturated rings. The van der Waals surface area contributed by atoms with Crippen molar-refractivity contribution < 1.29 is 0 Å². The van der Waals surface area contributed by atoms with Crippen LogP contribution in [0, 0.1) is 0 Å². The maximum absolute atomic E-state index is 5.84. The topological polar surface area (TPSA) is 38.0 Å². The molecular weight excluding hydrogens is 248 g/mol. The third-order valence-corrected chi connectivity index (χ3v) is 3.48. The summed E-state index contributed by atoms with van der Waals surface area (Å²) in [6.45, 7) is 5.75. The van der Waals surface area contributed by atoms with Gasteiger partial charge in [0, 0.05) is 28.0 Å². The van der Waals surface area contributed by atoms with Crippen LogP contribution in [0.15, 0.2) is 15.9 Å². The number of nitrogens with one attached hydrogen (secondary N) is 1. The van der Waals surface area contributed by atoms with E-state index in [1.807, 2.05) is 13.8 Å². The lowest BCUT2D eigenvalue weighted by Gasteiger charge is -2.18. The molecule has 0 aliphatic rings. The minimum Gasteiger partial charge on any atom is -0.324 e. The van der Waals surface area contributed by atoms with Gasteiger partial charge in [-0.3, -0.25) is 0 Å². The predicted molar refractivity (Wildman–Crippen MR) is 62.0 cm³/mol. The average molecular weight is 263 g/mol. The van der Waals surface area contributed by atoms with Gasteiger partial charge in [-0.25, -0.2) is 0 Å². The van der Waals surface area contributed by atoms with Gasteiger partial charge >= 0.3 is 0 Å². The van der Waals surface area contributed by atoms with E-state index in [-0.39, 0.29) is 5.54 Å². The molecule has 0 unspecified atom stereocenters. The van der Waals surface area contributed by atoms with Gasteiger partial charge < -0.3 is 11.1 Å². The summed E-state index contributed by atoms with van der Waals surface area (Å²) in [5, 5.41) is 5.40. The Hall–Kier alpha value is 0.100. The van der Waals surface area contributed by atoms with E-state index in [9.17, 15) is 0 Å². The van der Waals surface area contributed by atoms with Gasteiger partial charge in [0.1, 0.15) is 0 Å². The van der Waals surface area contributed by atoms with Crippen LogP contribution in [0.2, 0.25) is 0 Å². The molecular formula is C9H15BrN2S. The van der Waals surface area contributed by atoms with Crippen LogP contribution in [0.5, 0.6) is 0 Å². The largest absolute Gasteiger partial charge is 0.324 e. The SMILES string of the molecule is CC(C)(N)CNCc1sccc1Br. The lowest BCUT2D eigenvalue weighted by molar-refractivity contribution is 0.467. The molecule has 74 valence electrons. The summed E-state index contributed by atoms with van der Waals surface area (Å²) in [4.78, 5) is 1.32. The Balaban J connectivity index is 2.32. The number of halogens is 1. The molecule has 0 radical (unpaired) electrons. The van der Waals surface area contributed by atoms with Crippen molar-refractivity contribution in [2.24, 2.45) is 5.73 Å². The van der Waals surface area contributed by atoms with Gasteiger partial charge in [0.05, 0.1) is 0 Å². The van der Waals surface area contributed by atoms with Crippen LogP contribution in [0.4, 0.5) is 0 Å². The first-order chi connectivity index (χ1) is 5.99. The Morgan fingerprint density at radius 2 is 2.31 bits per heavy atom. The van der Waals surface area contributed by atoms with Gasteiger partial charge in [-0.1, -0.05) is 0 Å². The molecule has 1 aromatic rings. The van der Waals surface area contributed by atoms with E-state index in [1.54, 1.807) is 11.3 Å². The lowest BCUT2D eigenvalue weighted by atomic mass is 10.1. The van der Waals surface area contributed by atoms with Crippen molar-refractivity contribution in [3.63, 3.8) is 0 Å². The smallest absolute Gasteiger partial charge is 0.0327 e. The summed E-state index contributed by atoms with van der Waals surface area (Å²) in [5.74, 6) is 0. The number of hydrogen-bond donors (Lipinski definition) is 2. The Morgan fingerprint density at radius 3 is 2.77 bits per heavy atom. The van der Waals surface area contributed by atoms with Crippen molar-refractivity contribution in [2.75, 3.05) is 6.54 Å². The van der Waals surface area contributed by atoms with E-state index in [0.29, 0.717) is 0 Å².